The lowest BCUT2D eigenvalue weighted by Crippen LogP contribution is -2.14. The maximum atomic E-state index is 10.1. The van der Waals surface area contributed by atoms with Crippen molar-refractivity contribution in [3.8, 4) is 5.75 Å². The van der Waals surface area contributed by atoms with Crippen LogP contribution in [-0.2, 0) is 10.8 Å². The minimum Gasteiger partial charge on any atom is -0.508 e. The quantitative estimate of drug-likeness (QED) is 0.473. The lowest BCUT2D eigenvalue weighted by atomic mass is 9.86. The SMILES string of the molecule is CC(C)(C)c1ccc(N(c2ccc(C(C)(C)C)cc2)c2cc(O)cc(Cl)c2)cc1. The van der Waals surface area contributed by atoms with Crippen LogP contribution in [0.3, 0.4) is 0 Å². The van der Waals surface area contributed by atoms with Crippen molar-refractivity contribution in [1.82, 2.24) is 0 Å². The molecule has 0 atom stereocenters. The molecule has 0 aliphatic carbocycles. The van der Waals surface area contributed by atoms with Crippen LogP contribution in [0.5, 0.6) is 5.75 Å². The first-order valence-electron chi connectivity index (χ1n) is 9.96. The molecule has 0 fully saturated rings. The normalized spacial score (nSPS) is 12.1. The molecule has 1 N–H and O–H groups in total. The van der Waals surface area contributed by atoms with Crippen LogP contribution in [0.1, 0.15) is 52.7 Å². The van der Waals surface area contributed by atoms with Crippen LogP contribution in [-0.4, -0.2) is 5.11 Å². The second-order valence-electron chi connectivity index (χ2n) is 9.60. The molecule has 0 spiro atoms. The number of phenols is 1. The van der Waals surface area contributed by atoms with E-state index in [-0.39, 0.29) is 16.6 Å². The number of halogens is 1. The Morgan fingerprint density at radius 3 is 1.38 bits per heavy atom. The fourth-order valence-corrected chi connectivity index (χ4v) is 3.58. The molecule has 0 aliphatic rings. The number of hydrogen-bond acceptors (Lipinski definition) is 2. The molecule has 0 bridgehead atoms. The van der Waals surface area contributed by atoms with Crippen LogP contribution < -0.4 is 4.90 Å². The van der Waals surface area contributed by atoms with Crippen molar-refractivity contribution in [3.63, 3.8) is 0 Å². The predicted octanol–water partition coefficient (Wildman–Crippen LogP) is 8.11. The Morgan fingerprint density at radius 2 is 1.03 bits per heavy atom. The zero-order chi connectivity index (χ0) is 21.4. The van der Waals surface area contributed by atoms with Gasteiger partial charge in [-0.25, -0.2) is 0 Å². The molecular formula is C26H30ClNO. The summed E-state index contributed by atoms with van der Waals surface area (Å²) < 4.78 is 0. The van der Waals surface area contributed by atoms with Gasteiger partial charge in [-0.15, -0.1) is 0 Å². The Bertz CT molecular complexity index is 899. The topological polar surface area (TPSA) is 23.5 Å². The summed E-state index contributed by atoms with van der Waals surface area (Å²) in [4.78, 5) is 2.12. The Hall–Kier alpha value is -2.45. The smallest absolute Gasteiger partial charge is 0.119 e. The van der Waals surface area contributed by atoms with Crippen molar-refractivity contribution in [2.24, 2.45) is 0 Å². The first kappa shape index (κ1) is 21.3. The van der Waals surface area contributed by atoms with Gasteiger partial charge in [-0.1, -0.05) is 77.4 Å². The van der Waals surface area contributed by atoms with Crippen LogP contribution in [0.4, 0.5) is 17.1 Å². The summed E-state index contributed by atoms with van der Waals surface area (Å²) in [5, 5.41) is 10.6. The molecule has 29 heavy (non-hydrogen) atoms. The van der Waals surface area contributed by atoms with Crippen molar-refractivity contribution in [3.05, 3.63) is 82.9 Å². The monoisotopic (exact) mass is 407 g/mol. The van der Waals surface area contributed by atoms with Crippen LogP contribution in [0.25, 0.3) is 0 Å². The van der Waals surface area contributed by atoms with Gasteiger partial charge in [-0.3, -0.25) is 0 Å². The summed E-state index contributed by atoms with van der Waals surface area (Å²) >= 11 is 6.25. The second-order valence-corrected chi connectivity index (χ2v) is 10.0. The Morgan fingerprint density at radius 1 is 0.621 bits per heavy atom. The summed E-state index contributed by atoms with van der Waals surface area (Å²) in [7, 11) is 0. The number of phenolic OH excluding ortho intramolecular Hbond substituents is 1. The van der Waals surface area contributed by atoms with Gasteiger partial charge in [0, 0.05) is 22.5 Å². The van der Waals surface area contributed by atoms with Crippen molar-refractivity contribution in [2.75, 3.05) is 4.90 Å². The number of hydrogen-bond donors (Lipinski definition) is 1. The van der Waals surface area contributed by atoms with Gasteiger partial charge < -0.3 is 10.0 Å². The Kier molecular flexibility index (Phi) is 5.69. The van der Waals surface area contributed by atoms with Crippen molar-refractivity contribution < 1.29 is 5.11 Å². The van der Waals surface area contributed by atoms with Gasteiger partial charge in [0.25, 0.3) is 0 Å². The first-order valence-corrected chi connectivity index (χ1v) is 10.3. The van der Waals surface area contributed by atoms with Gasteiger partial charge in [-0.05, 0) is 58.4 Å². The van der Waals surface area contributed by atoms with E-state index in [9.17, 15) is 5.11 Å². The van der Waals surface area contributed by atoms with E-state index in [0.29, 0.717) is 5.02 Å². The highest BCUT2D eigenvalue weighted by molar-refractivity contribution is 6.31. The number of nitrogens with zero attached hydrogens (tertiary/aromatic N) is 1. The largest absolute Gasteiger partial charge is 0.508 e. The molecule has 0 radical (unpaired) electrons. The van der Waals surface area contributed by atoms with E-state index in [2.05, 4.69) is 95.0 Å². The van der Waals surface area contributed by atoms with Crippen LogP contribution >= 0.6 is 11.6 Å². The summed E-state index contributed by atoms with van der Waals surface area (Å²) in [6.07, 6.45) is 0. The molecule has 3 heteroatoms. The van der Waals surface area contributed by atoms with Gasteiger partial charge in [0.1, 0.15) is 5.75 Å². The molecule has 0 aliphatic heterocycles. The third-order valence-electron chi connectivity index (χ3n) is 5.11. The molecule has 0 amide bonds. The van der Waals surface area contributed by atoms with Gasteiger partial charge in [0.2, 0.25) is 0 Å². The van der Waals surface area contributed by atoms with E-state index in [1.54, 1.807) is 12.1 Å². The number of anilines is 3. The van der Waals surface area contributed by atoms with E-state index in [1.807, 2.05) is 6.07 Å². The van der Waals surface area contributed by atoms with Crippen LogP contribution in [0.15, 0.2) is 66.7 Å². The lowest BCUT2D eigenvalue weighted by molar-refractivity contribution is 0.475. The minimum absolute atomic E-state index is 0.0893. The summed E-state index contributed by atoms with van der Waals surface area (Å²) in [5.41, 5.74) is 5.59. The van der Waals surface area contributed by atoms with Gasteiger partial charge in [0.15, 0.2) is 0 Å². The van der Waals surface area contributed by atoms with E-state index in [4.69, 9.17) is 11.6 Å². The van der Waals surface area contributed by atoms with Crippen molar-refractivity contribution in [2.45, 2.75) is 52.4 Å². The molecule has 3 rings (SSSR count). The molecule has 3 aromatic carbocycles. The number of benzene rings is 3. The highest BCUT2D eigenvalue weighted by Gasteiger charge is 2.19. The van der Waals surface area contributed by atoms with Gasteiger partial charge in [-0.2, -0.15) is 0 Å². The van der Waals surface area contributed by atoms with E-state index in [0.717, 1.165) is 17.1 Å². The summed E-state index contributed by atoms with van der Waals surface area (Å²) in [5.74, 6) is 0.148. The fraction of sp³-hybridized carbons (Fsp3) is 0.308. The lowest BCUT2D eigenvalue weighted by Gasteiger charge is -2.28. The second kappa shape index (κ2) is 7.76. The third kappa shape index (κ3) is 4.94. The zero-order valence-corrected chi connectivity index (χ0v) is 18.9. The van der Waals surface area contributed by atoms with Crippen molar-refractivity contribution >= 4 is 28.7 Å². The average Bonchev–Trinajstić information content (AvgIpc) is 2.60. The molecule has 3 aromatic rings. The maximum Gasteiger partial charge on any atom is 0.119 e. The van der Waals surface area contributed by atoms with E-state index < -0.39 is 0 Å². The summed E-state index contributed by atoms with van der Waals surface area (Å²) in [6.45, 7) is 13.3. The number of rotatable bonds is 3. The highest BCUT2D eigenvalue weighted by atomic mass is 35.5. The molecule has 152 valence electrons. The highest BCUT2D eigenvalue weighted by Crippen LogP contribution is 2.39. The van der Waals surface area contributed by atoms with Gasteiger partial charge >= 0.3 is 0 Å². The first-order chi connectivity index (χ1) is 13.4. The molecular weight excluding hydrogens is 378 g/mol. The third-order valence-corrected chi connectivity index (χ3v) is 5.33. The molecule has 0 unspecified atom stereocenters. The molecule has 0 heterocycles. The average molecular weight is 408 g/mol. The van der Waals surface area contributed by atoms with Crippen molar-refractivity contribution in [1.29, 1.82) is 0 Å². The Balaban J connectivity index is 2.12. The molecule has 0 saturated carbocycles. The fourth-order valence-electron chi connectivity index (χ4n) is 3.36. The van der Waals surface area contributed by atoms with E-state index in [1.165, 1.54) is 11.1 Å². The maximum absolute atomic E-state index is 10.1. The summed E-state index contributed by atoms with van der Waals surface area (Å²) in [6, 6.07) is 22.3. The molecule has 0 saturated heterocycles. The minimum atomic E-state index is 0.0893. The predicted molar refractivity (Wildman–Crippen MR) is 125 cm³/mol. The van der Waals surface area contributed by atoms with Crippen LogP contribution in [0.2, 0.25) is 5.02 Å². The number of aromatic hydroxyl groups is 1. The zero-order valence-electron chi connectivity index (χ0n) is 18.1. The van der Waals surface area contributed by atoms with Gasteiger partial charge in [0.05, 0.1) is 5.69 Å². The van der Waals surface area contributed by atoms with Crippen LogP contribution in [0, 0.1) is 0 Å². The standard InChI is InChI=1S/C26H30ClNO/c1-25(2,3)18-7-11-21(12-8-18)28(23-15-20(27)16-24(29)17-23)22-13-9-19(10-14-22)26(4,5)6/h7-17,29H,1-6H3. The van der Waals surface area contributed by atoms with E-state index >= 15 is 0 Å². The molecule has 2 nitrogen and oxygen atoms in total. The molecule has 0 aromatic heterocycles. The Labute approximate surface area is 179 Å².